The first-order valence-electron chi connectivity index (χ1n) is 6.82. The molecule has 0 saturated heterocycles. The Labute approximate surface area is 128 Å². The standard InChI is InChI=1S/C16H18N2O4/c1-16(10-22-2,15(20)21)18-13(19)9-12-6-3-5-11-7-4-8-17-14(11)12/h3-8H,9-10H2,1-2H3,(H,18,19)(H,20,21). The van der Waals surface area contributed by atoms with E-state index in [4.69, 9.17) is 4.74 Å². The highest BCUT2D eigenvalue weighted by atomic mass is 16.5. The van der Waals surface area contributed by atoms with Crippen molar-refractivity contribution in [2.75, 3.05) is 13.7 Å². The van der Waals surface area contributed by atoms with E-state index in [0.717, 1.165) is 16.5 Å². The summed E-state index contributed by atoms with van der Waals surface area (Å²) in [6, 6.07) is 9.31. The first kappa shape index (κ1) is 15.9. The molecule has 1 aromatic heterocycles. The molecule has 0 aliphatic heterocycles. The quantitative estimate of drug-likeness (QED) is 0.841. The van der Waals surface area contributed by atoms with Gasteiger partial charge in [0, 0.05) is 18.7 Å². The van der Waals surface area contributed by atoms with Gasteiger partial charge in [-0.3, -0.25) is 9.78 Å². The van der Waals surface area contributed by atoms with Gasteiger partial charge in [-0.15, -0.1) is 0 Å². The minimum Gasteiger partial charge on any atom is -0.479 e. The minimum atomic E-state index is -1.45. The predicted molar refractivity (Wildman–Crippen MR) is 81.5 cm³/mol. The van der Waals surface area contributed by atoms with Crippen LogP contribution < -0.4 is 5.32 Å². The number of nitrogens with one attached hydrogen (secondary N) is 1. The van der Waals surface area contributed by atoms with Crippen LogP contribution >= 0.6 is 0 Å². The summed E-state index contributed by atoms with van der Waals surface area (Å²) in [5.41, 5.74) is 0.0359. The van der Waals surface area contributed by atoms with Crippen molar-refractivity contribution in [1.29, 1.82) is 0 Å². The van der Waals surface area contributed by atoms with Gasteiger partial charge in [0.25, 0.3) is 0 Å². The first-order valence-corrected chi connectivity index (χ1v) is 6.82. The lowest BCUT2D eigenvalue weighted by Gasteiger charge is -2.25. The molecule has 1 heterocycles. The number of ether oxygens (including phenoxy) is 1. The van der Waals surface area contributed by atoms with Crippen molar-refractivity contribution in [2.24, 2.45) is 0 Å². The number of carboxylic acid groups (broad SMARTS) is 1. The maximum absolute atomic E-state index is 12.2. The Kier molecular flexibility index (Phi) is 4.72. The molecule has 0 aliphatic rings. The number of para-hydroxylation sites is 1. The Morgan fingerprint density at radius 3 is 2.73 bits per heavy atom. The summed E-state index contributed by atoms with van der Waals surface area (Å²) in [5, 5.41) is 12.7. The third-order valence-corrected chi connectivity index (χ3v) is 3.39. The molecule has 22 heavy (non-hydrogen) atoms. The van der Waals surface area contributed by atoms with Crippen LogP contribution in [0.1, 0.15) is 12.5 Å². The molecule has 1 atom stereocenters. The molecule has 0 aliphatic carbocycles. The van der Waals surface area contributed by atoms with Crippen molar-refractivity contribution in [3.63, 3.8) is 0 Å². The number of hydrogen-bond acceptors (Lipinski definition) is 4. The van der Waals surface area contributed by atoms with Crippen molar-refractivity contribution in [3.05, 3.63) is 42.1 Å². The fourth-order valence-corrected chi connectivity index (χ4v) is 2.27. The summed E-state index contributed by atoms with van der Waals surface area (Å²) >= 11 is 0. The number of carbonyl (C=O) groups is 2. The normalized spacial score (nSPS) is 13.5. The molecule has 2 N–H and O–H groups in total. The summed E-state index contributed by atoms with van der Waals surface area (Å²) in [6.45, 7) is 1.31. The molecule has 6 heteroatoms. The van der Waals surface area contributed by atoms with Crippen LogP contribution in [-0.2, 0) is 20.7 Å². The Morgan fingerprint density at radius 1 is 1.32 bits per heavy atom. The smallest absolute Gasteiger partial charge is 0.331 e. The van der Waals surface area contributed by atoms with Gasteiger partial charge in [0.2, 0.25) is 5.91 Å². The van der Waals surface area contributed by atoms with Crippen molar-refractivity contribution in [2.45, 2.75) is 18.9 Å². The predicted octanol–water partition coefficient (Wildman–Crippen LogP) is 1.38. The number of carboxylic acids is 1. The molecule has 2 aromatic rings. The van der Waals surface area contributed by atoms with Crippen molar-refractivity contribution >= 4 is 22.8 Å². The molecule has 1 amide bonds. The highest BCUT2D eigenvalue weighted by molar-refractivity contribution is 5.91. The fourth-order valence-electron chi connectivity index (χ4n) is 2.27. The van der Waals surface area contributed by atoms with Gasteiger partial charge in [0.05, 0.1) is 18.5 Å². The van der Waals surface area contributed by atoms with Crippen LogP contribution in [0.25, 0.3) is 10.9 Å². The maximum Gasteiger partial charge on any atom is 0.331 e. The zero-order chi connectivity index (χ0) is 16.2. The average molecular weight is 302 g/mol. The van der Waals surface area contributed by atoms with Gasteiger partial charge >= 0.3 is 5.97 Å². The number of pyridine rings is 1. The van der Waals surface area contributed by atoms with Crippen LogP contribution in [-0.4, -0.2) is 41.2 Å². The van der Waals surface area contributed by atoms with Crippen molar-refractivity contribution < 1.29 is 19.4 Å². The Balaban J connectivity index is 2.19. The van der Waals surface area contributed by atoms with Crippen LogP contribution in [0.5, 0.6) is 0 Å². The maximum atomic E-state index is 12.2. The highest BCUT2D eigenvalue weighted by Crippen LogP contribution is 2.16. The number of fused-ring (bicyclic) bond motifs is 1. The fraction of sp³-hybridized carbons (Fsp3) is 0.312. The van der Waals surface area contributed by atoms with Crippen LogP contribution in [0.15, 0.2) is 36.5 Å². The Hall–Kier alpha value is -2.47. The van der Waals surface area contributed by atoms with E-state index < -0.39 is 11.5 Å². The van der Waals surface area contributed by atoms with Gasteiger partial charge in [0.15, 0.2) is 5.54 Å². The number of methoxy groups -OCH3 is 1. The lowest BCUT2D eigenvalue weighted by atomic mass is 10.0. The second-order valence-electron chi connectivity index (χ2n) is 5.29. The lowest BCUT2D eigenvalue weighted by molar-refractivity contribution is -0.149. The number of rotatable bonds is 6. The molecule has 0 spiro atoms. The molecule has 1 unspecified atom stereocenters. The zero-order valence-corrected chi connectivity index (χ0v) is 12.5. The van der Waals surface area contributed by atoms with E-state index in [2.05, 4.69) is 10.3 Å². The number of hydrogen-bond donors (Lipinski definition) is 2. The van der Waals surface area contributed by atoms with Gasteiger partial charge in [-0.1, -0.05) is 24.3 Å². The largest absolute Gasteiger partial charge is 0.479 e. The zero-order valence-electron chi connectivity index (χ0n) is 12.5. The second kappa shape index (κ2) is 6.53. The lowest BCUT2D eigenvalue weighted by Crippen LogP contribution is -2.55. The topological polar surface area (TPSA) is 88.5 Å². The van der Waals surface area contributed by atoms with Gasteiger partial charge < -0.3 is 15.2 Å². The molecule has 2 rings (SSSR count). The van der Waals surface area contributed by atoms with E-state index in [1.54, 1.807) is 6.20 Å². The first-order chi connectivity index (χ1) is 10.5. The summed E-state index contributed by atoms with van der Waals surface area (Å²) in [6.07, 6.45) is 1.72. The van der Waals surface area contributed by atoms with Gasteiger partial charge in [0.1, 0.15) is 0 Å². The third kappa shape index (κ3) is 3.40. The van der Waals surface area contributed by atoms with Gasteiger partial charge in [-0.25, -0.2) is 4.79 Å². The number of benzene rings is 1. The number of aliphatic carboxylic acids is 1. The third-order valence-electron chi connectivity index (χ3n) is 3.39. The van der Waals surface area contributed by atoms with Crippen LogP contribution in [0.2, 0.25) is 0 Å². The number of carbonyl (C=O) groups excluding carboxylic acids is 1. The highest BCUT2D eigenvalue weighted by Gasteiger charge is 2.34. The molecule has 0 radical (unpaired) electrons. The van der Waals surface area contributed by atoms with Crippen molar-refractivity contribution in [3.8, 4) is 0 Å². The molecule has 1 aromatic carbocycles. The number of amides is 1. The van der Waals surface area contributed by atoms with Crippen LogP contribution in [0, 0.1) is 0 Å². The summed E-state index contributed by atoms with van der Waals surface area (Å²) < 4.78 is 4.88. The second-order valence-corrected chi connectivity index (χ2v) is 5.29. The molecular weight excluding hydrogens is 284 g/mol. The Morgan fingerprint density at radius 2 is 2.05 bits per heavy atom. The van der Waals surface area contributed by atoms with Crippen molar-refractivity contribution in [1.82, 2.24) is 10.3 Å². The van der Waals surface area contributed by atoms with E-state index >= 15 is 0 Å². The number of aromatic nitrogens is 1. The van der Waals surface area contributed by atoms with Gasteiger partial charge in [-0.05, 0) is 18.6 Å². The summed E-state index contributed by atoms with van der Waals surface area (Å²) in [4.78, 5) is 27.8. The minimum absolute atomic E-state index is 0.0565. The number of nitrogens with zero attached hydrogens (tertiary/aromatic N) is 1. The van der Waals surface area contributed by atoms with Gasteiger partial charge in [-0.2, -0.15) is 0 Å². The SMILES string of the molecule is COCC(C)(NC(=O)Cc1cccc2cccnc12)C(=O)O. The molecule has 0 saturated carbocycles. The summed E-state index contributed by atoms with van der Waals surface area (Å²) in [5.74, 6) is -1.53. The van der Waals surface area contributed by atoms with E-state index in [0.29, 0.717) is 0 Å². The molecule has 6 nitrogen and oxygen atoms in total. The Bertz CT molecular complexity index is 696. The molecule has 0 bridgehead atoms. The van der Waals surface area contributed by atoms with Crippen LogP contribution in [0.4, 0.5) is 0 Å². The van der Waals surface area contributed by atoms with E-state index in [1.807, 2.05) is 30.3 Å². The average Bonchev–Trinajstić information content (AvgIpc) is 2.47. The van der Waals surface area contributed by atoms with E-state index in [9.17, 15) is 14.7 Å². The molecule has 0 fully saturated rings. The van der Waals surface area contributed by atoms with Crippen LogP contribution in [0.3, 0.4) is 0 Å². The van der Waals surface area contributed by atoms with E-state index in [-0.39, 0.29) is 18.9 Å². The summed E-state index contributed by atoms with van der Waals surface area (Å²) in [7, 11) is 1.39. The molecule has 116 valence electrons. The molecular formula is C16H18N2O4. The van der Waals surface area contributed by atoms with E-state index in [1.165, 1.54) is 14.0 Å². The monoisotopic (exact) mass is 302 g/mol.